The van der Waals surface area contributed by atoms with Gasteiger partial charge in [0.05, 0.1) is 6.10 Å². The average molecular weight is 368 g/mol. The van der Waals surface area contributed by atoms with Crippen LogP contribution in [0.2, 0.25) is 0 Å². The first-order chi connectivity index (χ1) is 12.6. The summed E-state index contributed by atoms with van der Waals surface area (Å²) in [6.45, 7) is 2.83. The van der Waals surface area contributed by atoms with Gasteiger partial charge in [0, 0.05) is 19.4 Å². The number of rotatable bonds is 19. The maximum absolute atomic E-state index is 11.8. The van der Waals surface area contributed by atoms with Gasteiger partial charge in [-0.2, -0.15) is 0 Å². The number of ketones is 1. The van der Waals surface area contributed by atoms with Gasteiger partial charge in [0.2, 0.25) is 0 Å². The van der Waals surface area contributed by atoms with Crippen LogP contribution >= 0.6 is 0 Å². The monoisotopic (exact) mass is 367 g/mol. The fourth-order valence-electron chi connectivity index (χ4n) is 3.24. The maximum Gasteiger partial charge on any atom is 0.135 e. The van der Waals surface area contributed by atoms with Crippen LogP contribution in [0.5, 0.6) is 0 Å². The van der Waals surface area contributed by atoms with Crippen molar-refractivity contribution < 1.29 is 9.90 Å². The molecule has 1 unspecified atom stereocenters. The van der Waals surface area contributed by atoms with Crippen molar-refractivity contribution in [1.82, 2.24) is 4.90 Å². The van der Waals surface area contributed by atoms with Crippen molar-refractivity contribution in [3.63, 3.8) is 0 Å². The number of carbonyl (C=O) groups excluding carboxylic acids is 1. The van der Waals surface area contributed by atoms with Crippen LogP contribution in [0.4, 0.5) is 0 Å². The first-order valence-electron chi connectivity index (χ1n) is 11.1. The molecule has 0 spiro atoms. The predicted molar refractivity (Wildman–Crippen MR) is 114 cm³/mol. The Bertz CT molecular complexity index is 339. The van der Waals surface area contributed by atoms with E-state index in [1.807, 2.05) is 19.0 Å². The van der Waals surface area contributed by atoms with E-state index in [4.69, 9.17) is 0 Å². The SMILES string of the molecule is CCCCCCCCC=CCCCCCCCC(=O)CC(O)CN(C)C. The molecule has 0 amide bonds. The van der Waals surface area contributed by atoms with Gasteiger partial charge in [0.25, 0.3) is 0 Å². The first kappa shape index (κ1) is 25.3. The minimum atomic E-state index is -0.513. The van der Waals surface area contributed by atoms with Crippen molar-refractivity contribution >= 4 is 5.78 Å². The Hall–Kier alpha value is -0.670. The average Bonchev–Trinajstić information content (AvgIpc) is 2.57. The molecule has 0 aliphatic carbocycles. The van der Waals surface area contributed by atoms with E-state index in [2.05, 4.69) is 19.1 Å². The van der Waals surface area contributed by atoms with Crippen molar-refractivity contribution in [3.8, 4) is 0 Å². The Kier molecular flexibility index (Phi) is 18.6. The molecule has 1 N–H and O–H groups in total. The zero-order valence-corrected chi connectivity index (χ0v) is 17.8. The molecular formula is C23H45NO2. The second-order valence-electron chi connectivity index (χ2n) is 7.99. The van der Waals surface area contributed by atoms with Crippen molar-refractivity contribution in [2.75, 3.05) is 20.6 Å². The summed E-state index contributed by atoms with van der Waals surface area (Å²) in [4.78, 5) is 13.7. The van der Waals surface area contributed by atoms with Crippen LogP contribution in [0.15, 0.2) is 12.2 Å². The number of hydrogen-bond donors (Lipinski definition) is 1. The molecule has 0 aliphatic heterocycles. The minimum Gasteiger partial charge on any atom is -0.391 e. The Balaban J connectivity index is 3.30. The third kappa shape index (κ3) is 19.7. The number of nitrogens with zero attached hydrogens (tertiary/aromatic N) is 1. The van der Waals surface area contributed by atoms with E-state index in [0.717, 1.165) is 12.8 Å². The van der Waals surface area contributed by atoms with Gasteiger partial charge in [-0.3, -0.25) is 4.79 Å². The molecule has 0 aromatic heterocycles. The number of aliphatic hydroxyl groups is 1. The van der Waals surface area contributed by atoms with Crippen LogP contribution in [0.1, 0.15) is 103 Å². The molecule has 0 saturated carbocycles. The fraction of sp³-hybridized carbons (Fsp3) is 0.870. The topological polar surface area (TPSA) is 40.5 Å². The quantitative estimate of drug-likeness (QED) is 0.228. The molecule has 0 aromatic rings. The smallest absolute Gasteiger partial charge is 0.135 e. The number of Topliss-reactive ketones (excluding diaryl/α,β-unsaturated/α-hetero) is 1. The molecule has 0 rings (SSSR count). The molecule has 0 fully saturated rings. The van der Waals surface area contributed by atoms with Gasteiger partial charge in [-0.25, -0.2) is 0 Å². The molecule has 0 saturated heterocycles. The van der Waals surface area contributed by atoms with Crippen LogP contribution in [0, 0.1) is 0 Å². The van der Waals surface area contributed by atoms with Crippen LogP contribution in [0.25, 0.3) is 0 Å². The summed E-state index contributed by atoms with van der Waals surface area (Å²) in [5, 5.41) is 9.75. The van der Waals surface area contributed by atoms with E-state index in [-0.39, 0.29) is 5.78 Å². The largest absolute Gasteiger partial charge is 0.391 e. The number of carbonyl (C=O) groups is 1. The van der Waals surface area contributed by atoms with Gasteiger partial charge in [-0.15, -0.1) is 0 Å². The highest BCUT2D eigenvalue weighted by atomic mass is 16.3. The third-order valence-electron chi connectivity index (χ3n) is 4.76. The Morgan fingerprint density at radius 2 is 1.35 bits per heavy atom. The third-order valence-corrected chi connectivity index (χ3v) is 4.76. The highest BCUT2D eigenvalue weighted by Gasteiger charge is 2.11. The summed E-state index contributed by atoms with van der Waals surface area (Å²) < 4.78 is 0. The number of allylic oxidation sites excluding steroid dienone is 2. The molecule has 0 heterocycles. The Morgan fingerprint density at radius 3 is 1.88 bits per heavy atom. The normalized spacial score (nSPS) is 13.0. The summed E-state index contributed by atoms with van der Waals surface area (Å²) in [6, 6.07) is 0. The zero-order valence-electron chi connectivity index (χ0n) is 17.8. The number of unbranched alkanes of at least 4 members (excludes halogenated alkanes) is 11. The van der Waals surface area contributed by atoms with Crippen LogP contribution in [-0.2, 0) is 4.79 Å². The molecule has 0 radical (unpaired) electrons. The second kappa shape index (κ2) is 19.1. The summed E-state index contributed by atoms with van der Waals surface area (Å²) in [6.07, 6.45) is 21.7. The van der Waals surface area contributed by atoms with Gasteiger partial charge < -0.3 is 10.0 Å². The Labute approximate surface area is 163 Å². The van der Waals surface area contributed by atoms with Gasteiger partial charge in [0.1, 0.15) is 5.78 Å². The van der Waals surface area contributed by atoms with Gasteiger partial charge in [-0.1, -0.05) is 70.4 Å². The standard InChI is InChI=1S/C23H45NO2/c1-4-5-6-7-8-9-10-11-12-13-14-15-16-17-18-19-22(25)20-23(26)21-24(2)3/h11-12,23,26H,4-10,13-21H2,1-3H3. The lowest BCUT2D eigenvalue weighted by molar-refractivity contribution is -0.121. The zero-order chi connectivity index (χ0) is 19.5. The van der Waals surface area contributed by atoms with E-state index >= 15 is 0 Å². The van der Waals surface area contributed by atoms with Gasteiger partial charge in [0.15, 0.2) is 0 Å². The lowest BCUT2D eigenvalue weighted by Crippen LogP contribution is -2.27. The summed E-state index contributed by atoms with van der Waals surface area (Å²) in [5.74, 6) is 0.206. The molecule has 0 aromatic carbocycles. The molecule has 26 heavy (non-hydrogen) atoms. The van der Waals surface area contributed by atoms with Gasteiger partial charge in [-0.05, 0) is 46.2 Å². The molecule has 154 valence electrons. The number of hydrogen-bond acceptors (Lipinski definition) is 3. The number of aliphatic hydroxyl groups excluding tert-OH is 1. The maximum atomic E-state index is 11.8. The van der Waals surface area contributed by atoms with Crippen molar-refractivity contribution in [2.45, 2.75) is 109 Å². The molecule has 3 nitrogen and oxygen atoms in total. The fourth-order valence-corrected chi connectivity index (χ4v) is 3.24. The summed E-state index contributed by atoms with van der Waals surface area (Å²) >= 11 is 0. The first-order valence-corrected chi connectivity index (χ1v) is 11.1. The van der Waals surface area contributed by atoms with Crippen molar-refractivity contribution in [1.29, 1.82) is 0 Å². The van der Waals surface area contributed by atoms with Gasteiger partial charge >= 0.3 is 0 Å². The molecule has 0 aliphatic rings. The van der Waals surface area contributed by atoms with E-state index < -0.39 is 6.10 Å². The number of likely N-dealkylation sites (N-methyl/N-ethyl adjacent to an activating group) is 1. The second-order valence-corrected chi connectivity index (χ2v) is 7.99. The van der Waals surface area contributed by atoms with Crippen molar-refractivity contribution in [2.24, 2.45) is 0 Å². The van der Waals surface area contributed by atoms with E-state index in [0.29, 0.717) is 19.4 Å². The molecular weight excluding hydrogens is 322 g/mol. The Morgan fingerprint density at radius 1 is 0.846 bits per heavy atom. The van der Waals surface area contributed by atoms with Crippen LogP contribution in [0.3, 0.4) is 0 Å². The predicted octanol–water partition coefficient (Wildman–Crippen LogP) is 5.91. The summed E-state index contributed by atoms with van der Waals surface area (Å²) in [5.41, 5.74) is 0. The van der Waals surface area contributed by atoms with E-state index in [9.17, 15) is 9.90 Å². The highest BCUT2D eigenvalue weighted by Crippen LogP contribution is 2.11. The van der Waals surface area contributed by atoms with Crippen molar-refractivity contribution in [3.05, 3.63) is 12.2 Å². The lowest BCUT2D eigenvalue weighted by atomic mass is 10.0. The van der Waals surface area contributed by atoms with E-state index in [1.54, 1.807) is 0 Å². The summed E-state index contributed by atoms with van der Waals surface area (Å²) in [7, 11) is 3.83. The minimum absolute atomic E-state index is 0.206. The molecule has 3 heteroatoms. The van der Waals surface area contributed by atoms with E-state index in [1.165, 1.54) is 70.6 Å². The van der Waals surface area contributed by atoms with Crippen LogP contribution in [-0.4, -0.2) is 42.5 Å². The molecule has 0 bridgehead atoms. The van der Waals surface area contributed by atoms with Crippen LogP contribution < -0.4 is 0 Å². The highest BCUT2D eigenvalue weighted by molar-refractivity contribution is 5.78. The lowest BCUT2D eigenvalue weighted by Gasteiger charge is -2.14. The molecule has 1 atom stereocenters.